The number of benzene rings is 1. The first-order valence-corrected chi connectivity index (χ1v) is 4.22. The number of aromatic hydroxyl groups is 1. The molecule has 14 heavy (non-hydrogen) atoms. The maximum Gasteiger partial charge on any atom is 0.154 e. The summed E-state index contributed by atoms with van der Waals surface area (Å²) in [5.74, 6) is -2.86. The Hall–Kier alpha value is -0.870. The van der Waals surface area contributed by atoms with Crippen molar-refractivity contribution in [2.45, 2.75) is 19.4 Å². The standard InChI is InChI=1S/C9H9ClF2O2/c1-9(2,14)6-4(11)3-5(13)7(10)8(6)12/h3,13-14H,1-2H3. The third-order valence-corrected chi connectivity index (χ3v) is 2.11. The van der Waals surface area contributed by atoms with Gasteiger partial charge in [-0.05, 0) is 13.8 Å². The van der Waals surface area contributed by atoms with Crippen molar-refractivity contribution in [3.05, 3.63) is 28.3 Å². The summed E-state index contributed by atoms with van der Waals surface area (Å²) in [7, 11) is 0. The normalized spacial score (nSPS) is 11.9. The van der Waals surface area contributed by atoms with E-state index in [0.717, 1.165) is 0 Å². The Labute approximate surface area is 84.7 Å². The fourth-order valence-corrected chi connectivity index (χ4v) is 1.29. The van der Waals surface area contributed by atoms with E-state index in [9.17, 15) is 13.9 Å². The lowest BCUT2D eigenvalue weighted by Gasteiger charge is -2.20. The zero-order valence-corrected chi connectivity index (χ0v) is 8.36. The Morgan fingerprint density at radius 3 is 2.29 bits per heavy atom. The van der Waals surface area contributed by atoms with Crippen molar-refractivity contribution in [2.75, 3.05) is 0 Å². The van der Waals surface area contributed by atoms with Gasteiger partial charge in [-0.1, -0.05) is 11.6 Å². The van der Waals surface area contributed by atoms with Crippen molar-refractivity contribution in [2.24, 2.45) is 0 Å². The second kappa shape index (κ2) is 3.37. The Bertz CT molecular complexity index is 372. The van der Waals surface area contributed by atoms with Crippen LogP contribution in [0.15, 0.2) is 6.07 Å². The van der Waals surface area contributed by atoms with Gasteiger partial charge in [0, 0.05) is 6.07 Å². The number of hydrogen-bond donors (Lipinski definition) is 2. The Balaban J connectivity index is 3.53. The van der Waals surface area contributed by atoms with Crippen LogP contribution in [0.25, 0.3) is 0 Å². The number of phenols is 1. The molecule has 0 radical (unpaired) electrons. The van der Waals surface area contributed by atoms with Crippen LogP contribution in [0.3, 0.4) is 0 Å². The first-order valence-electron chi connectivity index (χ1n) is 3.84. The van der Waals surface area contributed by atoms with Crippen LogP contribution in [0.2, 0.25) is 5.02 Å². The highest BCUT2D eigenvalue weighted by Gasteiger charge is 2.28. The SMILES string of the molecule is CC(C)(O)c1c(F)cc(O)c(Cl)c1F. The molecule has 0 aromatic heterocycles. The van der Waals surface area contributed by atoms with Gasteiger partial charge in [0.25, 0.3) is 0 Å². The minimum absolute atomic E-state index is 0.555. The second-order valence-electron chi connectivity index (χ2n) is 3.44. The van der Waals surface area contributed by atoms with Gasteiger partial charge in [-0.3, -0.25) is 0 Å². The maximum absolute atomic E-state index is 13.3. The van der Waals surface area contributed by atoms with Crippen LogP contribution in [0, 0.1) is 11.6 Å². The number of rotatable bonds is 1. The molecular weight excluding hydrogens is 214 g/mol. The zero-order chi connectivity index (χ0) is 11.1. The third kappa shape index (κ3) is 1.81. The molecule has 1 aromatic rings. The molecule has 2 N–H and O–H groups in total. The Morgan fingerprint density at radius 1 is 1.36 bits per heavy atom. The number of hydrogen-bond acceptors (Lipinski definition) is 2. The summed E-state index contributed by atoms with van der Waals surface area (Å²) in [6, 6.07) is 0.665. The van der Waals surface area contributed by atoms with Gasteiger partial charge in [0.15, 0.2) is 5.82 Å². The van der Waals surface area contributed by atoms with Crippen LogP contribution < -0.4 is 0 Å². The molecule has 5 heteroatoms. The van der Waals surface area contributed by atoms with Gasteiger partial charge >= 0.3 is 0 Å². The first-order chi connectivity index (χ1) is 6.25. The predicted octanol–water partition coefficient (Wildman–Crippen LogP) is 2.55. The Morgan fingerprint density at radius 2 is 1.86 bits per heavy atom. The molecule has 0 aliphatic heterocycles. The summed E-state index contributed by atoms with van der Waals surface area (Å²) in [5, 5.41) is 17.8. The number of phenolic OH excluding ortho intramolecular Hbond substituents is 1. The first kappa shape index (κ1) is 11.2. The lowest BCUT2D eigenvalue weighted by Crippen LogP contribution is -2.20. The molecule has 0 saturated heterocycles. The van der Waals surface area contributed by atoms with E-state index in [2.05, 4.69) is 0 Å². The van der Waals surface area contributed by atoms with E-state index < -0.39 is 33.6 Å². The van der Waals surface area contributed by atoms with E-state index in [4.69, 9.17) is 16.7 Å². The van der Waals surface area contributed by atoms with Crippen LogP contribution in [0.5, 0.6) is 5.75 Å². The van der Waals surface area contributed by atoms with Gasteiger partial charge in [-0.25, -0.2) is 8.78 Å². The third-order valence-electron chi connectivity index (χ3n) is 1.75. The molecule has 0 spiro atoms. The van der Waals surface area contributed by atoms with Crippen LogP contribution in [0.1, 0.15) is 19.4 Å². The predicted molar refractivity (Wildman–Crippen MR) is 48.3 cm³/mol. The fourth-order valence-electron chi connectivity index (χ4n) is 1.14. The lowest BCUT2D eigenvalue weighted by atomic mass is 9.97. The minimum Gasteiger partial charge on any atom is -0.506 e. The van der Waals surface area contributed by atoms with Crippen LogP contribution in [-0.4, -0.2) is 10.2 Å². The van der Waals surface area contributed by atoms with E-state index in [1.165, 1.54) is 13.8 Å². The Kier molecular flexibility index (Phi) is 2.69. The molecule has 0 atom stereocenters. The van der Waals surface area contributed by atoms with Crippen molar-refractivity contribution >= 4 is 11.6 Å². The highest BCUT2D eigenvalue weighted by Crippen LogP contribution is 2.35. The van der Waals surface area contributed by atoms with E-state index in [1.807, 2.05) is 0 Å². The summed E-state index contributed by atoms with van der Waals surface area (Å²) >= 11 is 5.36. The summed E-state index contributed by atoms with van der Waals surface area (Å²) in [4.78, 5) is 0. The van der Waals surface area contributed by atoms with Gasteiger partial charge < -0.3 is 10.2 Å². The summed E-state index contributed by atoms with van der Waals surface area (Å²) in [5.41, 5.74) is -2.24. The summed E-state index contributed by atoms with van der Waals surface area (Å²) in [6.07, 6.45) is 0. The van der Waals surface area contributed by atoms with Crippen LogP contribution >= 0.6 is 11.6 Å². The van der Waals surface area contributed by atoms with E-state index in [-0.39, 0.29) is 0 Å². The number of aliphatic hydroxyl groups is 1. The molecule has 0 bridgehead atoms. The molecule has 0 fully saturated rings. The largest absolute Gasteiger partial charge is 0.506 e. The van der Waals surface area contributed by atoms with Crippen LogP contribution in [0.4, 0.5) is 8.78 Å². The van der Waals surface area contributed by atoms with E-state index in [1.54, 1.807) is 0 Å². The number of halogens is 3. The quantitative estimate of drug-likeness (QED) is 0.717. The molecule has 0 heterocycles. The van der Waals surface area contributed by atoms with Crippen molar-refractivity contribution < 1.29 is 19.0 Å². The monoisotopic (exact) mass is 222 g/mol. The average Bonchev–Trinajstić information content (AvgIpc) is 1.97. The van der Waals surface area contributed by atoms with Crippen molar-refractivity contribution in [1.29, 1.82) is 0 Å². The van der Waals surface area contributed by atoms with Gasteiger partial charge in [-0.2, -0.15) is 0 Å². The molecule has 78 valence electrons. The molecule has 0 unspecified atom stereocenters. The molecule has 1 rings (SSSR count). The van der Waals surface area contributed by atoms with Crippen molar-refractivity contribution in [3.63, 3.8) is 0 Å². The van der Waals surface area contributed by atoms with Crippen molar-refractivity contribution in [3.8, 4) is 5.75 Å². The van der Waals surface area contributed by atoms with E-state index >= 15 is 0 Å². The summed E-state index contributed by atoms with van der Waals surface area (Å²) in [6.45, 7) is 2.45. The maximum atomic E-state index is 13.3. The second-order valence-corrected chi connectivity index (χ2v) is 3.82. The average molecular weight is 223 g/mol. The molecule has 0 saturated carbocycles. The lowest BCUT2D eigenvalue weighted by molar-refractivity contribution is 0.0701. The highest BCUT2D eigenvalue weighted by molar-refractivity contribution is 6.32. The molecule has 0 amide bonds. The topological polar surface area (TPSA) is 40.5 Å². The molecule has 0 aliphatic rings. The van der Waals surface area contributed by atoms with Gasteiger partial charge in [-0.15, -0.1) is 0 Å². The fraction of sp³-hybridized carbons (Fsp3) is 0.333. The van der Waals surface area contributed by atoms with Gasteiger partial charge in [0.1, 0.15) is 16.6 Å². The van der Waals surface area contributed by atoms with Crippen molar-refractivity contribution in [1.82, 2.24) is 0 Å². The molecule has 0 aliphatic carbocycles. The minimum atomic E-state index is -1.69. The highest BCUT2D eigenvalue weighted by atomic mass is 35.5. The molecule has 1 aromatic carbocycles. The van der Waals surface area contributed by atoms with E-state index in [0.29, 0.717) is 6.07 Å². The van der Waals surface area contributed by atoms with Gasteiger partial charge in [0.05, 0.1) is 11.2 Å². The molecule has 2 nitrogen and oxygen atoms in total. The zero-order valence-electron chi connectivity index (χ0n) is 7.61. The van der Waals surface area contributed by atoms with Crippen LogP contribution in [-0.2, 0) is 5.60 Å². The summed E-state index contributed by atoms with van der Waals surface area (Å²) < 4.78 is 26.5. The molecular formula is C9H9ClF2O2. The smallest absolute Gasteiger partial charge is 0.154 e. The van der Waals surface area contributed by atoms with Gasteiger partial charge in [0.2, 0.25) is 0 Å².